The van der Waals surface area contributed by atoms with Crippen LogP contribution in [0.25, 0.3) is 10.9 Å². The highest BCUT2D eigenvalue weighted by atomic mass is 35.5. The van der Waals surface area contributed by atoms with Gasteiger partial charge in [-0.25, -0.2) is 0 Å². The Morgan fingerprint density at radius 3 is 2.75 bits per heavy atom. The molecule has 0 aliphatic rings. The van der Waals surface area contributed by atoms with Crippen LogP contribution in [0.4, 0.5) is 11.5 Å². The molecule has 1 aromatic heterocycles. The molecule has 4 nitrogen and oxygen atoms in total. The summed E-state index contributed by atoms with van der Waals surface area (Å²) in [6.45, 7) is 0. The second-order valence-electron chi connectivity index (χ2n) is 2.41. The molecule has 0 aliphatic heterocycles. The maximum Gasteiger partial charge on any atom is 0.153 e. The number of benzene rings is 1. The first-order valence-corrected chi connectivity index (χ1v) is 3.26. The fraction of sp³-hybridized carbons (Fsp3) is 0. The monoisotopic (exact) mass is 184 g/mol. The summed E-state index contributed by atoms with van der Waals surface area (Å²) in [4.78, 5) is 0. The molecule has 64 valence electrons. The molecule has 5 N–H and O–H groups in total. The molecule has 2 rings (SSSR count). The minimum absolute atomic E-state index is 0. The van der Waals surface area contributed by atoms with Crippen molar-refractivity contribution in [3.8, 4) is 0 Å². The molecule has 0 atom stereocenters. The molecule has 0 bridgehead atoms. The number of nitrogen functional groups attached to an aromatic ring is 2. The minimum atomic E-state index is 0. The minimum Gasteiger partial charge on any atom is -0.399 e. The van der Waals surface area contributed by atoms with Crippen LogP contribution in [0.3, 0.4) is 0 Å². The number of hydrogen-bond donors (Lipinski definition) is 3. The molecule has 0 aliphatic carbocycles. The second-order valence-corrected chi connectivity index (χ2v) is 2.41. The number of anilines is 2. The van der Waals surface area contributed by atoms with E-state index >= 15 is 0 Å². The van der Waals surface area contributed by atoms with Crippen molar-refractivity contribution in [2.75, 3.05) is 11.5 Å². The van der Waals surface area contributed by atoms with E-state index in [-0.39, 0.29) is 12.4 Å². The number of nitrogens with one attached hydrogen (secondary N) is 1. The predicted octanol–water partition coefficient (Wildman–Crippen LogP) is 1.15. The van der Waals surface area contributed by atoms with Crippen molar-refractivity contribution in [3.63, 3.8) is 0 Å². The number of H-pyrrole nitrogens is 1. The van der Waals surface area contributed by atoms with Crippen LogP contribution in [-0.2, 0) is 0 Å². The second kappa shape index (κ2) is 2.91. The van der Waals surface area contributed by atoms with Crippen LogP contribution in [0.5, 0.6) is 0 Å². The molecule has 1 heterocycles. The number of nitrogens with zero attached hydrogens (tertiary/aromatic N) is 1. The van der Waals surface area contributed by atoms with Gasteiger partial charge in [0.15, 0.2) is 5.82 Å². The van der Waals surface area contributed by atoms with Crippen molar-refractivity contribution in [1.82, 2.24) is 10.2 Å². The van der Waals surface area contributed by atoms with Crippen molar-refractivity contribution in [1.29, 1.82) is 0 Å². The standard InChI is InChI=1S/C7H8N4.ClH/c8-4-1-2-6-5(3-4)7(9)11-10-6;/h1-3H,8H2,(H3,9,10,11);1H. The average molecular weight is 185 g/mol. The van der Waals surface area contributed by atoms with E-state index in [1.54, 1.807) is 12.1 Å². The third kappa shape index (κ3) is 1.16. The van der Waals surface area contributed by atoms with Gasteiger partial charge in [-0.1, -0.05) is 0 Å². The van der Waals surface area contributed by atoms with E-state index in [0.29, 0.717) is 11.5 Å². The van der Waals surface area contributed by atoms with Crippen LogP contribution >= 0.6 is 12.4 Å². The summed E-state index contributed by atoms with van der Waals surface area (Å²) in [5.74, 6) is 0.493. The first-order chi connectivity index (χ1) is 5.27. The number of aromatic amines is 1. The lowest BCUT2D eigenvalue weighted by Gasteiger charge is -1.91. The SMILES string of the molecule is Cl.Nc1ccc2[nH]nc(N)c2c1. The summed E-state index contributed by atoms with van der Waals surface area (Å²) < 4.78 is 0. The Morgan fingerprint density at radius 1 is 1.25 bits per heavy atom. The van der Waals surface area contributed by atoms with E-state index in [9.17, 15) is 0 Å². The molecule has 0 spiro atoms. The van der Waals surface area contributed by atoms with Gasteiger partial charge in [0.25, 0.3) is 0 Å². The molecular formula is C7H9ClN4. The number of nitrogens with two attached hydrogens (primary N) is 2. The van der Waals surface area contributed by atoms with E-state index < -0.39 is 0 Å². The Bertz CT molecular complexity index is 395. The molecule has 0 fully saturated rings. The Labute approximate surface area is 75.3 Å². The Morgan fingerprint density at radius 2 is 2.00 bits per heavy atom. The van der Waals surface area contributed by atoms with Gasteiger partial charge in [-0.3, -0.25) is 5.10 Å². The molecular weight excluding hydrogens is 176 g/mol. The fourth-order valence-corrected chi connectivity index (χ4v) is 1.05. The lowest BCUT2D eigenvalue weighted by atomic mass is 10.2. The average Bonchev–Trinajstić information content (AvgIpc) is 2.33. The van der Waals surface area contributed by atoms with Gasteiger partial charge >= 0.3 is 0 Å². The van der Waals surface area contributed by atoms with Gasteiger partial charge in [-0.2, -0.15) is 5.10 Å². The highest BCUT2D eigenvalue weighted by Gasteiger charge is 2.00. The van der Waals surface area contributed by atoms with E-state index in [4.69, 9.17) is 11.5 Å². The van der Waals surface area contributed by atoms with Crippen molar-refractivity contribution in [2.45, 2.75) is 0 Å². The summed E-state index contributed by atoms with van der Waals surface area (Å²) in [7, 11) is 0. The quantitative estimate of drug-likeness (QED) is 0.538. The van der Waals surface area contributed by atoms with Crippen molar-refractivity contribution >= 4 is 34.8 Å². The number of fused-ring (bicyclic) bond motifs is 1. The van der Waals surface area contributed by atoms with Gasteiger partial charge in [0.2, 0.25) is 0 Å². The van der Waals surface area contributed by atoms with E-state index in [0.717, 1.165) is 10.9 Å². The topological polar surface area (TPSA) is 80.7 Å². The summed E-state index contributed by atoms with van der Waals surface area (Å²) >= 11 is 0. The van der Waals surface area contributed by atoms with Crippen LogP contribution in [0, 0.1) is 0 Å². The molecule has 0 saturated carbocycles. The number of rotatable bonds is 0. The molecule has 2 aromatic rings. The maximum absolute atomic E-state index is 5.55. The summed E-state index contributed by atoms with van der Waals surface area (Å²) in [5, 5.41) is 7.50. The van der Waals surface area contributed by atoms with Crippen LogP contribution in [0.1, 0.15) is 0 Å². The number of aromatic nitrogens is 2. The fourth-order valence-electron chi connectivity index (χ4n) is 1.05. The molecule has 0 unspecified atom stereocenters. The highest BCUT2D eigenvalue weighted by Crippen LogP contribution is 2.19. The third-order valence-corrected chi connectivity index (χ3v) is 1.62. The van der Waals surface area contributed by atoms with Gasteiger partial charge in [0.05, 0.1) is 5.52 Å². The Balaban J connectivity index is 0.000000720. The lowest BCUT2D eigenvalue weighted by Crippen LogP contribution is -1.86. The van der Waals surface area contributed by atoms with Gasteiger partial charge in [0.1, 0.15) is 0 Å². The van der Waals surface area contributed by atoms with Gasteiger partial charge in [0, 0.05) is 11.1 Å². The number of hydrogen-bond acceptors (Lipinski definition) is 3. The summed E-state index contributed by atoms with van der Waals surface area (Å²) in [6, 6.07) is 5.46. The molecule has 5 heteroatoms. The zero-order valence-corrected chi connectivity index (χ0v) is 7.06. The largest absolute Gasteiger partial charge is 0.399 e. The van der Waals surface area contributed by atoms with E-state index in [1.165, 1.54) is 0 Å². The molecule has 12 heavy (non-hydrogen) atoms. The van der Waals surface area contributed by atoms with Crippen molar-refractivity contribution in [2.24, 2.45) is 0 Å². The van der Waals surface area contributed by atoms with Crippen molar-refractivity contribution in [3.05, 3.63) is 18.2 Å². The zero-order valence-electron chi connectivity index (χ0n) is 6.24. The molecule has 0 saturated heterocycles. The van der Waals surface area contributed by atoms with Crippen LogP contribution < -0.4 is 11.5 Å². The van der Waals surface area contributed by atoms with Gasteiger partial charge in [-0.05, 0) is 18.2 Å². The predicted molar refractivity (Wildman–Crippen MR) is 52.2 cm³/mol. The van der Waals surface area contributed by atoms with E-state index in [2.05, 4.69) is 10.2 Å². The summed E-state index contributed by atoms with van der Waals surface area (Å²) in [5.41, 5.74) is 12.7. The van der Waals surface area contributed by atoms with Crippen LogP contribution in [0.15, 0.2) is 18.2 Å². The van der Waals surface area contributed by atoms with Gasteiger partial charge < -0.3 is 11.5 Å². The molecule has 0 amide bonds. The maximum atomic E-state index is 5.55. The first-order valence-electron chi connectivity index (χ1n) is 3.26. The molecule has 0 radical (unpaired) electrons. The van der Waals surface area contributed by atoms with Crippen LogP contribution in [-0.4, -0.2) is 10.2 Å². The van der Waals surface area contributed by atoms with Gasteiger partial charge in [-0.15, -0.1) is 12.4 Å². The normalized spacial score (nSPS) is 9.67. The number of halogens is 1. The molecule has 1 aromatic carbocycles. The van der Waals surface area contributed by atoms with Crippen molar-refractivity contribution < 1.29 is 0 Å². The third-order valence-electron chi connectivity index (χ3n) is 1.62. The Hall–Kier alpha value is -1.42. The first kappa shape index (κ1) is 8.67. The highest BCUT2D eigenvalue weighted by molar-refractivity contribution is 5.90. The van der Waals surface area contributed by atoms with E-state index in [1.807, 2.05) is 6.07 Å². The smallest absolute Gasteiger partial charge is 0.153 e. The lowest BCUT2D eigenvalue weighted by molar-refractivity contribution is 1.13. The zero-order chi connectivity index (χ0) is 7.84. The Kier molecular flexibility index (Phi) is 2.10. The van der Waals surface area contributed by atoms with Crippen LogP contribution in [0.2, 0.25) is 0 Å². The summed E-state index contributed by atoms with van der Waals surface area (Å²) in [6.07, 6.45) is 0.